The maximum absolute atomic E-state index is 13.2. The summed E-state index contributed by atoms with van der Waals surface area (Å²) in [6.45, 7) is -1.49. The van der Waals surface area contributed by atoms with Gasteiger partial charge in [0, 0.05) is 11.8 Å². The van der Waals surface area contributed by atoms with Crippen LogP contribution < -0.4 is 10.1 Å². The normalized spacial score (nSPS) is 12.4. The molecule has 7 heteroatoms. The van der Waals surface area contributed by atoms with Crippen LogP contribution in [0.1, 0.15) is 6.92 Å². The molecule has 1 amide bonds. The predicted molar refractivity (Wildman–Crippen MR) is 60.1 cm³/mol. The lowest BCUT2D eigenvalue weighted by Crippen LogP contribution is -2.19. The van der Waals surface area contributed by atoms with Gasteiger partial charge in [-0.2, -0.15) is 8.78 Å². The molecule has 0 bridgehead atoms. The van der Waals surface area contributed by atoms with Crippen molar-refractivity contribution in [3.05, 3.63) is 24.0 Å². The first-order valence-corrected chi connectivity index (χ1v) is 5.51. The van der Waals surface area contributed by atoms with Crippen molar-refractivity contribution in [1.82, 2.24) is 0 Å². The minimum atomic E-state index is -3.09. The summed E-state index contributed by atoms with van der Waals surface area (Å²) in [6.07, 6.45) is 0. The highest BCUT2D eigenvalue weighted by Crippen LogP contribution is 2.23. The molecule has 0 saturated carbocycles. The van der Waals surface area contributed by atoms with Gasteiger partial charge in [0.1, 0.15) is 0 Å². The standard InChI is InChI=1S/C10H9BrF3NO2/c1-5(11)9(16)15-6-2-3-8(7(12)4-6)17-10(13)14/h2-5,10H,1H3,(H,15,16). The average molecular weight is 312 g/mol. The number of hydrogen-bond acceptors (Lipinski definition) is 2. The molecule has 1 aromatic carbocycles. The number of halogens is 4. The summed E-state index contributed by atoms with van der Waals surface area (Å²) in [5, 5.41) is 2.39. The largest absolute Gasteiger partial charge is 0.432 e. The summed E-state index contributed by atoms with van der Waals surface area (Å²) in [5.74, 6) is -1.90. The Kier molecular flexibility index (Phi) is 4.80. The van der Waals surface area contributed by atoms with E-state index in [9.17, 15) is 18.0 Å². The summed E-state index contributed by atoms with van der Waals surface area (Å²) in [6, 6.07) is 3.20. The van der Waals surface area contributed by atoms with Crippen LogP contribution in [-0.4, -0.2) is 17.3 Å². The first-order valence-electron chi connectivity index (χ1n) is 4.59. The lowest BCUT2D eigenvalue weighted by molar-refractivity contribution is -0.115. The first-order chi connectivity index (χ1) is 7.90. The Morgan fingerprint density at radius 1 is 1.47 bits per heavy atom. The Hall–Kier alpha value is -1.24. The molecule has 3 nitrogen and oxygen atoms in total. The van der Waals surface area contributed by atoms with E-state index in [1.165, 1.54) is 6.07 Å². The van der Waals surface area contributed by atoms with Crippen LogP contribution in [-0.2, 0) is 4.79 Å². The molecule has 94 valence electrons. The highest BCUT2D eigenvalue weighted by Gasteiger charge is 2.13. The average Bonchev–Trinajstić information content (AvgIpc) is 2.21. The summed E-state index contributed by atoms with van der Waals surface area (Å²) in [7, 11) is 0. The number of carbonyl (C=O) groups is 1. The topological polar surface area (TPSA) is 38.3 Å². The van der Waals surface area contributed by atoms with Crippen LogP contribution in [0.5, 0.6) is 5.75 Å². The zero-order valence-corrected chi connectivity index (χ0v) is 10.3. The second-order valence-corrected chi connectivity index (χ2v) is 4.50. The van der Waals surface area contributed by atoms with Crippen molar-refractivity contribution in [3.63, 3.8) is 0 Å². The summed E-state index contributed by atoms with van der Waals surface area (Å²) in [4.78, 5) is 10.8. The fourth-order valence-electron chi connectivity index (χ4n) is 1.01. The van der Waals surface area contributed by atoms with Gasteiger partial charge in [0.05, 0.1) is 4.83 Å². The molecule has 1 aromatic rings. The predicted octanol–water partition coefficient (Wildman–Crippen LogP) is 3.15. The number of ether oxygens (including phenoxy) is 1. The molecular formula is C10H9BrF3NO2. The van der Waals surface area contributed by atoms with E-state index in [1.54, 1.807) is 6.92 Å². The number of alkyl halides is 3. The Morgan fingerprint density at radius 2 is 2.12 bits per heavy atom. The van der Waals surface area contributed by atoms with Crippen LogP contribution in [0.15, 0.2) is 18.2 Å². The molecule has 0 radical (unpaired) electrons. The van der Waals surface area contributed by atoms with Crippen molar-refractivity contribution in [2.24, 2.45) is 0 Å². The SMILES string of the molecule is CC(Br)C(=O)Nc1ccc(OC(F)F)c(F)c1. The number of amides is 1. The smallest absolute Gasteiger partial charge is 0.387 e. The van der Waals surface area contributed by atoms with Gasteiger partial charge in [-0.3, -0.25) is 4.79 Å². The molecular weight excluding hydrogens is 303 g/mol. The second-order valence-electron chi connectivity index (χ2n) is 3.13. The highest BCUT2D eigenvalue weighted by atomic mass is 79.9. The van der Waals surface area contributed by atoms with Gasteiger partial charge in [-0.15, -0.1) is 0 Å². The van der Waals surface area contributed by atoms with E-state index in [2.05, 4.69) is 26.0 Å². The Balaban J connectivity index is 2.78. The van der Waals surface area contributed by atoms with Gasteiger partial charge in [-0.1, -0.05) is 15.9 Å². The Morgan fingerprint density at radius 3 is 2.59 bits per heavy atom. The number of benzene rings is 1. The fourth-order valence-corrected chi connectivity index (χ4v) is 1.13. The number of hydrogen-bond donors (Lipinski definition) is 1. The molecule has 1 rings (SSSR count). The van der Waals surface area contributed by atoms with Gasteiger partial charge in [0.2, 0.25) is 5.91 Å². The second kappa shape index (κ2) is 5.90. The van der Waals surface area contributed by atoms with Crippen molar-refractivity contribution in [3.8, 4) is 5.75 Å². The van der Waals surface area contributed by atoms with E-state index in [1.807, 2.05) is 0 Å². The summed E-state index contributed by atoms with van der Waals surface area (Å²) in [5.41, 5.74) is 0.167. The van der Waals surface area contributed by atoms with Gasteiger partial charge >= 0.3 is 6.61 Å². The van der Waals surface area contributed by atoms with E-state index in [4.69, 9.17) is 0 Å². The van der Waals surface area contributed by atoms with Crippen LogP contribution in [0.3, 0.4) is 0 Å². The quantitative estimate of drug-likeness (QED) is 0.868. The maximum Gasteiger partial charge on any atom is 0.387 e. The van der Waals surface area contributed by atoms with Crippen molar-refractivity contribution >= 4 is 27.5 Å². The molecule has 1 atom stereocenters. The summed E-state index contributed by atoms with van der Waals surface area (Å²) >= 11 is 3.03. The van der Waals surface area contributed by atoms with Gasteiger partial charge in [0.25, 0.3) is 0 Å². The third kappa shape index (κ3) is 4.26. The summed E-state index contributed by atoms with van der Waals surface area (Å²) < 4.78 is 40.9. The van der Waals surface area contributed by atoms with E-state index >= 15 is 0 Å². The third-order valence-corrected chi connectivity index (χ3v) is 2.19. The van der Waals surface area contributed by atoms with Crippen LogP contribution in [0, 0.1) is 5.82 Å². The Bertz CT molecular complexity index is 413. The first kappa shape index (κ1) is 13.8. The van der Waals surface area contributed by atoms with Gasteiger partial charge in [-0.25, -0.2) is 4.39 Å². The van der Waals surface area contributed by atoms with Crippen LogP contribution in [0.4, 0.5) is 18.9 Å². The number of carbonyl (C=O) groups excluding carboxylic acids is 1. The molecule has 0 fully saturated rings. The van der Waals surface area contributed by atoms with Crippen LogP contribution in [0.2, 0.25) is 0 Å². The number of rotatable bonds is 4. The fraction of sp³-hybridized carbons (Fsp3) is 0.300. The van der Waals surface area contributed by atoms with Crippen molar-refractivity contribution in [2.45, 2.75) is 18.4 Å². The molecule has 17 heavy (non-hydrogen) atoms. The Labute approximate surface area is 104 Å². The molecule has 0 aliphatic rings. The minimum Gasteiger partial charge on any atom is -0.432 e. The van der Waals surface area contributed by atoms with Crippen LogP contribution in [0.25, 0.3) is 0 Å². The van der Waals surface area contributed by atoms with Gasteiger partial charge in [0.15, 0.2) is 11.6 Å². The van der Waals surface area contributed by atoms with Gasteiger partial charge < -0.3 is 10.1 Å². The van der Waals surface area contributed by atoms with Crippen molar-refractivity contribution < 1.29 is 22.7 Å². The van der Waals surface area contributed by atoms with E-state index in [0.29, 0.717) is 0 Å². The van der Waals surface area contributed by atoms with E-state index < -0.39 is 23.0 Å². The molecule has 0 aliphatic carbocycles. The maximum atomic E-state index is 13.2. The lowest BCUT2D eigenvalue weighted by atomic mass is 10.3. The van der Waals surface area contributed by atoms with Crippen molar-refractivity contribution in [1.29, 1.82) is 0 Å². The molecule has 0 heterocycles. The molecule has 1 N–H and O–H groups in total. The zero-order valence-electron chi connectivity index (χ0n) is 8.72. The van der Waals surface area contributed by atoms with Crippen LogP contribution >= 0.6 is 15.9 Å². The molecule has 0 spiro atoms. The number of anilines is 1. The monoisotopic (exact) mass is 311 g/mol. The lowest BCUT2D eigenvalue weighted by Gasteiger charge is -2.09. The van der Waals surface area contributed by atoms with E-state index in [0.717, 1.165) is 12.1 Å². The molecule has 0 aliphatic heterocycles. The number of nitrogens with one attached hydrogen (secondary N) is 1. The molecule has 0 aromatic heterocycles. The molecule has 0 saturated heterocycles. The third-order valence-electron chi connectivity index (χ3n) is 1.78. The molecule has 1 unspecified atom stereocenters. The highest BCUT2D eigenvalue weighted by molar-refractivity contribution is 9.10. The van der Waals surface area contributed by atoms with Gasteiger partial charge in [-0.05, 0) is 19.1 Å². The minimum absolute atomic E-state index is 0.167. The van der Waals surface area contributed by atoms with E-state index in [-0.39, 0.29) is 11.6 Å². The van der Waals surface area contributed by atoms with Crippen molar-refractivity contribution in [2.75, 3.05) is 5.32 Å². The zero-order chi connectivity index (χ0) is 13.0.